The number of halogens is 1. The molecular weight excluding hydrogens is 469 g/mol. The SMILES string of the molecule is C=CCc1cc(CNC(=NC)NCCCn2cccn2)cc(OC)c1OC.I. The Morgan fingerprint density at radius 2 is 2.11 bits per heavy atom. The minimum atomic E-state index is 0. The Hall–Kier alpha value is -2.23. The average molecular weight is 499 g/mol. The van der Waals surface area contributed by atoms with Crippen LogP contribution in [0.15, 0.2) is 48.2 Å². The van der Waals surface area contributed by atoms with E-state index in [4.69, 9.17) is 9.47 Å². The van der Waals surface area contributed by atoms with Crippen LogP contribution in [-0.4, -0.2) is 43.6 Å². The highest BCUT2D eigenvalue weighted by atomic mass is 127. The summed E-state index contributed by atoms with van der Waals surface area (Å²) in [4.78, 5) is 4.27. The zero-order valence-electron chi connectivity index (χ0n) is 16.8. The van der Waals surface area contributed by atoms with Crippen LogP contribution in [0, 0.1) is 0 Å². The molecule has 0 aliphatic heterocycles. The number of ether oxygens (including phenoxy) is 2. The standard InChI is InChI=1S/C20H29N5O2.HI/c1-5-8-17-13-16(14-18(26-3)19(17)27-4)15-23-20(21-2)22-9-6-11-25-12-7-10-24-25;/h5,7,10,12-14H,1,6,8-9,11,15H2,2-4H3,(H2,21,22,23);1H. The third kappa shape index (κ3) is 7.06. The molecule has 1 heterocycles. The van der Waals surface area contributed by atoms with E-state index in [9.17, 15) is 0 Å². The number of aliphatic imine (C=N–C) groups is 1. The fraction of sp³-hybridized carbons (Fsp3) is 0.400. The zero-order chi connectivity index (χ0) is 19.5. The number of allylic oxidation sites excluding steroid dienone is 1. The van der Waals surface area contributed by atoms with Gasteiger partial charge < -0.3 is 20.1 Å². The first-order chi connectivity index (χ1) is 13.2. The van der Waals surface area contributed by atoms with E-state index in [0.29, 0.717) is 13.0 Å². The van der Waals surface area contributed by atoms with E-state index in [2.05, 4.69) is 33.4 Å². The number of rotatable bonds is 10. The van der Waals surface area contributed by atoms with Gasteiger partial charge in [0.15, 0.2) is 17.5 Å². The molecule has 0 bridgehead atoms. The van der Waals surface area contributed by atoms with Crippen molar-refractivity contribution in [3.05, 3.63) is 54.4 Å². The maximum Gasteiger partial charge on any atom is 0.191 e. The number of aromatic nitrogens is 2. The molecule has 0 unspecified atom stereocenters. The molecule has 0 amide bonds. The van der Waals surface area contributed by atoms with Gasteiger partial charge in [0.1, 0.15) is 0 Å². The first kappa shape index (κ1) is 23.8. The highest BCUT2D eigenvalue weighted by molar-refractivity contribution is 14.0. The lowest BCUT2D eigenvalue weighted by Gasteiger charge is -2.16. The van der Waals surface area contributed by atoms with Crippen molar-refractivity contribution in [1.29, 1.82) is 0 Å². The van der Waals surface area contributed by atoms with Gasteiger partial charge in [-0.05, 0) is 36.6 Å². The maximum atomic E-state index is 5.48. The molecule has 2 aromatic rings. The quantitative estimate of drug-likeness (QED) is 0.173. The molecule has 0 saturated heterocycles. The number of nitrogens with one attached hydrogen (secondary N) is 2. The summed E-state index contributed by atoms with van der Waals surface area (Å²) in [6, 6.07) is 6.00. The highest BCUT2D eigenvalue weighted by Gasteiger charge is 2.12. The van der Waals surface area contributed by atoms with Crippen LogP contribution < -0.4 is 20.1 Å². The number of aryl methyl sites for hydroxylation is 1. The molecule has 0 aliphatic rings. The van der Waals surface area contributed by atoms with E-state index in [-0.39, 0.29) is 24.0 Å². The Balaban J connectivity index is 0.00000392. The van der Waals surface area contributed by atoms with Crippen LogP contribution >= 0.6 is 24.0 Å². The van der Waals surface area contributed by atoms with Crippen molar-refractivity contribution < 1.29 is 9.47 Å². The summed E-state index contributed by atoms with van der Waals surface area (Å²) in [6.07, 6.45) is 7.28. The van der Waals surface area contributed by atoms with Gasteiger partial charge in [0.05, 0.1) is 14.2 Å². The van der Waals surface area contributed by atoms with Crippen molar-refractivity contribution in [3.8, 4) is 11.5 Å². The van der Waals surface area contributed by atoms with Crippen molar-refractivity contribution >= 4 is 29.9 Å². The van der Waals surface area contributed by atoms with Gasteiger partial charge in [-0.1, -0.05) is 6.08 Å². The summed E-state index contributed by atoms with van der Waals surface area (Å²) in [6.45, 7) is 6.13. The van der Waals surface area contributed by atoms with Crippen LogP contribution in [0.2, 0.25) is 0 Å². The fourth-order valence-corrected chi connectivity index (χ4v) is 2.80. The summed E-state index contributed by atoms with van der Waals surface area (Å²) in [5, 5.41) is 10.8. The number of guanidine groups is 1. The number of methoxy groups -OCH3 is 2. The molecule has 8 heteroatoms. The van der Waals surface area contributed by atoms with E-state index in [0.717, 1.165) is 48.1 Å². The molecule has 2 rings (SSSR count). The van der Waals surface area contributed by atoms with Gasteiger partial charge in [0.2, 0.25) is 0 Å². The first-order valence-electron chi connectivity index (χ1n) is 8.98. The average Bonchev–Trinajstić information content (AvgIpc) is 3.20. The van der Waals surface area contributed by atoms with Gasteiger partial charge >= 0.3 is 0 Å². The summed E-state index contributed by atoms with van der Waals surface area (Å²) in [5.74, 6) is 2.23. The minimum Gasteiger partial charge on any atom is -0.493 e. The smallest absolute Gasteiger partial charge is 0.191 e. The normalized spacial score (nSPS) is 10.8. The summed E-state index contributed by atoms with van der Waals surface area (Å²) in [5.41, 5.74) is 2.13. The predicted octanol–water partition coefficient (Wildman–Crippen LogP) is 3.00. The van der Waals surface area contributed by atoms with Crippen molar-refractivity contribution in [1.82, 2.24) is 20.4 Å². The maximum absolute atomic E-state index is 5.48. The van der Waals surface area contributed by atoms with Crippen LogP contribution in [0.25, 0.3) is 0 Å². The van der Waals surface area contributed by atoms with Crippen LogP contribution in [0.3, 0.4) is 0 Å². The van der Waals surface area contributed by atoms with Crippen LogP contribution in [-0.2, 0) is 19.5 Å². The van der Waals surface area contributed by atoms with Gasteiger partial charge in [-0.3, -0.25) is 9.67 Å². The van der Waals surface area contributed by atoms with E-state index in [1.54, 1.807) is 27.5 Å². The number of benzene rings is 1. The number of nitrogens with zero attached hydrogens (tertiary/aromatic N) is 3. The second kappa shape index (κ2) is 13.0. The topological polar surface area (TPSA) is 72.7 Å². The third-order valence-corrected chi connectivity index (χ3v) is 4.08. The van der Waals surface area contributed by atoms with Gasteiger partial charge in [0.25, 0.3) is 0 Å². The number of hydrogen-bond acceptors (Lipinski definition) is 4. The van der Waals surface area contributed by atoms with Gasteiger partial charge in [-0.15, -0.1) is 30.6 Å². The van der Waals surface area contributed by atoms with E-state index < -0.39 is 0 Å². The molecule has 154 valence electrons. The van der Waals surface area contributed by atoms with Crippen molar-refractivity contribution in [2.45, 2.75) is 25.9 Å². The minimum absolute atomic E-state index is 0. The summed E-state index contributed by atoms with van der Waals surface area (Å²) < 4.78 is 12.9. The Kier molecular flexibility index (Phi) is 11.1. The van der Waals surface area contributed by atoms with Crippen molar-refractivity contribution in [3.63, 3.8) is 0 Å². The molecule has 0 radical (unpaired) electrons. The van der Waals surface area contributed by atoms with Crippen molar-refractivity contribution in [2.75, 3.05) is 27.8 Å². The number of hydrogen-bond donors (Lipinski definition) is 2. The predicted molar refractivity (Wildman–Crippen MR) is 124 cm³/mol. The second-order valence-corrected chi connectivity index (χ2v) is 5.96. The van der Waals surface area contributed by atoms with E-state index in [1.165, 1.54) is 0 Å². The monoisotopic (exact) mass is 499 g/mol. The molecule has 0 saturated carbocycles. The van der Waals surface area contributed by atoms with Crippen LogP contribution in [0.4, 0.5) is 0 Å². The lowest BCUT2D eigenvalue weighted by atomic mass is 10.1. The molecule has 2 N–H and O–H groups in total. The summed E-state index contributed by atoms with van der Waals surface area (Å²) in [7, 11) is 5.06. The molecular formula is C20H30IN5O2. The molecule has 0 aliphatic carbocycles. The molecule has 7 nitrogen and oxygen atoms in total. The van der Waals surface area contributed by atoms with Crippen LogP contribution in [0.1, 0.15) is 17.5 Å². The Bertz CT molecular complexity index is 747. The largest absolute Gasteiger partial charge is 0.493 e. The summed E-state index contributed by atoms with van der Waals surface area (Å²) >= 11 is 0. The molecule has 0 fully saturated rings. The van der Waals surface area contributed by atoms with Crippen molar-refractivity contribution in [2.24, 2.45) is 4.99 Å². The van der Waals surface area contributed by atoms with E-state index in [1.807, 2.05) is 29.1 Å². The molecule has 1 aromatic carbocycles. The molecule has 0 spiro atoms. The fourth-order valence-electron chi connectivity index (χ4n) is 2.80. The van der Waals surface area contributed by atoms with Crippen LogP contribution in [0.5, 0.6) is 11.5 Å². The Morgan fingerprint density at radius 3 is 2.71 bits per heavy atom. The Morgan fingerprint density at radius 1 is 1.29 bits per heavy atom. The second-order valence-electron chi connectivity index (χ2n) is 5.96. The van der Waals surface area contributed by atoms with E-state index >= 15 is 0 Å². The van der Waals surface area contributed by atoms with Gasteiger partial charge in [-0.2, -0.15) is 5.10 Å². The van der Waals surface area contributed by atoms with Gasteiger partial charge in [0, 0.05) is 44.6 Å². The molecule has 1 aromatic heterocycles. The third-order valence-electron chi connectivity index (χ3n) is 4.08. The lowest BCUT2D eigenvalue weighted by molar-refractivity contribution is 0.352. The van der Waals surface area contributed by atoms with Gasteiger partial charge in [-0.25, -0.2) is 0 Å². The highest BCUT2D eigenvalue weighted by Crippen LogP contribution is 2.33. The lowest BCUT2D eigenvalue weighted by Crippen LogP contribution is -2.37. The zero-order valence-corrected chi connectivity index (χ0v) is 19.1. The molecule has 28 heavy (non-hydrogen) atoms. The molecule has 0 atom stereocenters. The Labute approximate surface area is 184 Å². The first-order valence-corrected chi connectivity index (χ1v) is 8.98.